The van der Waals surface area contributed by atoms with Gasteiger partial charge in [-0.15, -0.1) is 12.6 Å². The molecule has 0 aliphatic rings. The fourth-order valence-corrected chi connectivity index (χ4v) is 2.70. The molecule has 0 bridgehead atoms. The quantitative estimate of drug-likeness (QED) is 0.269. The molecule has 1 aromatic rings. The van der Waals surface area contributed by atoms with Gasteiger partial charge in [0.05, 0.1) is 37.9 Å². The van der Waals surface area contributed by atoms with Gasteiger partial charge in [0.25, 0.3) is 0 Å². The third-order valence-electron chi connectivity index (χ3n) is 3.30. The van der Waals surface area contributed by atoms with Crippen molar-refractivity contribution in [1.82, 2.24) is 10.6 Å². The summed E-state index contributed by atoms with van der Waals surface area (Å²) in [5.41, 5.74) is 0.608. The van der Waals surface area contributed by atoms with Crippen LogP contribution in [-0.4, -0.2) is 53.7 Å². The van der Waals surface area contributed by atoms with Crippen molar-refractivity contribution in [3.05, 3.63) is 23.8 Å². The first-order chi connectivity index (χ1) is 15.1. The van der Waals surface area contributed by atoms with Gasteiger partial charge < -0.3 is 20.5 Å². The van der Waals surface area contributed by atoms with Gasteiger partial charge in [-0.2, -0.15) is 0 Å². The largest absolute Gasteiger partial charge is 0.496 e. The number of amides is 2. The molecule has 1 rings (SSSR count). The second-order valence-electron chi connectivity index (χ2n) is 6.68. The number of benzene rings is 1. The van der Waals surface area contributed by atoms with E-state index in [1.54, 1.807) is 18.2 Å². The lowest BCUT2D eigenvalue weighted by Gasteiger charge is -2.15. The molecular formula is C22H35BrN2O6S. The van der Waals surface area contributed by atoms with Gasteiger partial charge in [-0.05, 0) is 18.2 Å². The SMILES string of the molecule is CCC.CCC.COc1ccc(S)cc1CC(=O)NCC(=O)NC(CC(=O)O)C(=O)CBr. The van der Waals surface area contributed by atoms with Gasteiger partial charge in [-0.3, -0.25) is 19.2 Å². The van der Waals surface area contributed by atoms with Gasteiger partial charge in [0.1, 0.15) is 5.75 Å². The van der Waals surface area contributed by atoms with E-state index in [0.717, 1.165) is 0 Å². The Morgan fingerprint density at radius 2 is 1.66 bits per heavy atom. The van der Waals surface area contributed by atoms with Crippen molar-refractivity contribution in [1.29, 1.82) is 0 Å². The Morgan fingerprint density at radius 3 is 2.12 bits per heavy atom. The predicted octanol–water partition coefficient (Wildman–Crippen LogP) is 3.40. The maximum atomic E-state index is 12.0. The van der Waals surface area contributed by atoms with Crippen LogP contribution in [0.5, 0.6) is 5.75 Å². The summed E-state index contributed by atoms with van der Waals surface area (Å²) in [6.45, 7) is 8.12. The van der Waals surface area contributed by atoms with Crippen LogP contribution in [0.4, 0.5) is 0 Å². The molecule has 10 heteroatoms. The summed E-state index contributed by atoms with van der Waals surface area (Å²) in [7, 11) is 1.48. The van der Waals surface area contributed by atoms with Crippen LogP contribution in [0.15, 0.2) is 23.1 Å². The van der Waals surface area contributed by atoms with E-state index in [9.17, 15) is 19.2 Å². The van der Waals surface area contributed by atoms with Crippen LogP contribution >= 0.6 is 28.6 Å². The highest BCUT2D eigenvalue weighted by Crippen LogP contribution is 2.22. The van der Waals surface area contributed by atoms with Gasteiger partial charge >= 0.3 is 5.97 Å². The molecule has 1 unspecified atom stereocenters. The molecule has 1 aromatic carbocycles. The number of alkyl halides is 1. The molecule has 0 saturated carbocycles. The number of hydrogen-bond acceptors (Lipinski definition) is 6. The number of carbonyl (C=O) groups is 4. The minimum atomic E-state index is -1.22. The number of thiol groups is 1. The number of carboxylic acid groups (broad SMARTS) is 1. The molecule has 0 saturated heterocycles. The van der Waals surface area contributed by atoms with E-state index >= 15 is 0 Å². The Morgan fingerprint density at radius 1 is 1.09 bits per heavy atom. The van der Waals surface area contributed by atoms with Crippen molar-refractivity contribution in [2.75, 3.05) is 19.0 Å². The van der Waals surface area contributed by atoms with Crippen molar-refractivity contribution < 1.29 is 29.0 Å². The van der Waals surface area contributed by atoms with Crippen LogP contribution in [0, 0.1) is 0 Å². The molecular weight excluding hydrogens is 500 g/mol. The molecule has 32 heavy (non-hydrogen) atoms. The van der Waals surface area contributed by atoms with Crippen LogP contribution in [0.2, 0.25) is 0 Å². The molecule has 1 atom stereocenters. The fourth-order valence-electron chi connectivity index (χ4n) is 2.08. The van der Waals surface area contributed by atoms with E-state index in [-0.39, 0.29) is 18.3 Å². The molecule has 0 aliphatic heterocycles. The van der Waals surface area contributed by atoms with Crippen LogP contribution in [0.25, 0.3) is 0 Å². The summed E-state index contributed by atoms with van der Waals surface area (Å²) >= 11 is 7.14. The predicted molar refractivity (Wildman–Crippen MR) is 132 cm³/mol. The number of aliphatic carboxylic acids is 1. The summed E-state index contributed by atoms with van der Waals surface area (Å²) in [5, 5.41) is 13.4. The molecule has 182 valence electrons. The van der Waals surface area contributed by atoms with Crippen LogP contribution < -0.4 is 15.4 Å². The zero-order valence-electron chi connectivity index (χ0n) is 19.4. The summed E-state index contributed by atoms with van der Waals surface area (Å²) in [5.74, 6) is -2.26. The first-order valence-corrected chi connectivity index (χ1v) is 11.9. The summed E-state index contributed by atoms with van der Waals surface area (Å²) in [6, 6.07) is 3.93. The molecule has 0 aromatic heterocycles. The summed E-state index contributed by atoms with van der Waals surface area (Å²) in [6.07, 6.45) is 1.94. The molecule has 8 nitrogen and oxygen atoms in total. The third kappa shape index (κ3) is 15.7. The second-order valence-corrected chi connectivity index (χ2v) is 7.76. The number of hydrogen-bond donors (Lipinski definition) is 4. The highest BCUT2D eigenvalue weighted by molar-refractivity contribution is 9.09. The normalized spacial score (nSPS) is 10.3. The maximum Gasteiger partial charge on any atom is 0.305 e. The van der Waals surface area contributed by atoms with Crippen molar-refractivity contribution in [3.8, 4) is 5.75 Å². The molecule has 2 amide bonds. The number of rotatable bonds is 10. The van der Waals surface area contributed by atoms with Crippen LogP contribution in [0.1, 0.15) is 52.5 Å². The number of ether oxygens (including phenoxy) is 1. The molecule has 0 spiro atoms. The zero-order chi connectivity index (χ0) is 25.1. The number of carboxylic acids is 1. The van der Waals surface area contributed by atoms with Crippen molar-refractivity contribution in [3.63, 3.8) is 0 Å². The van der Waals surface area contributed by atoms with Gasteiger partial charge in [0, 0.05) is 10.5 Å². The maximum absolute atomic E-state index is 12.0. The van der Waals surface area contributed by atoms with Crippen molar-refractivity contribution in [2.45, 2.75) is 64.3 Å². The highest BCUT2D eigenvalue weighted by Gasteiger charge is 2.22. The average Bonchev–Trinajstić information content (AvgIpc) is 2.72. The fraction of sp³-hybridized carbons (Fsp3) is 0.545. The Hall–Kier alpha value is -2.07. The Bertz CT molecular complexity index is 728. The first kappa shape index (κ1) is 32.1. The lowest BCUT2D eigenvalue weighted by atomic mass is 10.1. The van der Waals surface area contributed by atoms with Crippen molar-refractivity contribution in [2.24, 2.45) is 0 Å². The summed E-state index contributed by atoms with van der Waals surface area (Å²) < 4.78 is 5.16. The van der Waals surface area contributed by atoms with Gasteiger partial charge in [-0.1, -0.05) is 56.5 Å². The molecule has 0 aliphatic carbocycles. The zero-order valence-corrected chi connectivity index (χ0v) is 21.8. The van der Waals surface area contributed by atoms with Crippen LogP contribution in [-0.2, 0) is 25.6 Å². The molecule has 0 heterocycles. The standard InChI is InChI=1S/C16H19BrN2O6S.2C3H8/c1-25-13-3-2-10(26)4-9(13)5-14(21)18-8-15(22)19-11(6-16(23)24)12(20)7-17;2*1-3-2/h2-4,11,26H,5-8H2,1H3,(H,18,21)(H,19,22)(H,23,24);2*3H2,1-2H3. The van der Waals surface area contributed by atoms with E-state index in [1.165, 1.54) is 20.0 Å². The van der Waals surface area contributed by atoms with Crippen molar-refractivity contribution >= 4 is 52.1 Å². The monoisotopic (exact) mass is 534 g/mol. The van der Waals surface area contributed by atoms with E-state index in [4.69, 9.17) is 9.84 Å². The van der Waals surface area contributed by atoms with E-state index in [0.29, 0.717) is 16.2 Å². The molecule has 3 N–H and O–H groups in total. The minimum Gasteiger partial charge on any atom is -0.496 e. The summed E-state index contributed by atoms with van der Waals surface area (Å²) in [4.78, 5) is 46.9. The topological polar surface area (TPSA) is 122 Å². The highest BCUT2D eigenvalue weighted by atomic mass is 79.9. The smallest absolute Gasteiger partial charge is 0.305 e. The molecule has 0 fully saturated rings. The second kappa shape index (κ2) is 19.6. The lowest BCUT2D eigenvalue weighted by molar-refractivity contribution is -0.140. The number of nitrogens with one attached hydrogen (secondary N) is 2. The van der Waals surface area contributed by atoms with E-state index in [1.807, 2.05) is 0 Å². The minimum absolute atomic E-state index is 0.0241. The van der Waals surface area contributed by atoms with Gasteiger partial charge in [0.15, 0.2) is 5.78 Å². The van der Waals surface area contributed by atoms with E-state index < -0.39 is 36.0 Å². The van der Waals surface area contributed by atoms with Crippen LogP contribution in [0.3, 0.4) is 0 Å². The number of halogens is 1. The Kier molecular flexibility index (Phi) is 19.7. The third-order valence-corrected chi connectivity index (χ3v) is 4.13. The Labute approximate surface area is 204 Å². The van der Waals surface area contributed by atoms with E-state index in [2.05, 4.69) is 66.9 Å². The number of Topliss-reactive ketones (excluding diaryl/α,β-unsaturated/α-hetero) is 1. The lowest BCUT2D eigenvalue weighted by Crippen LogP contribution is -2.47. The van der Waals surface area contributed by atoms with Gasteiger partial charge in [-0.25, -0.2) is 0 Å². The molecule has 0 radical (unpaired) electrons. The number of ketones is 1. The Balaban J connectivity index is 0. The number of methoxy groups -OCH3 is 1. The van der Waals surface area contributed by atoms with Gasteiger partial charge in [0.2, 0.25) is 11.8 Å². The average molecular weight is 536 g/mol. The first-order valence-electron chi connectivity index (χ1n) is 10.3. The number of carbonyl (C=O) groups excluding carboxylic acids is 3.